The Morgan fingerprint density at radius 3 is 2.12 bits per heavy atom. The molecule has 0 bridgehead atoms. The monoisotopic (exact) mass is 223 g/mol. The van der Waals surface area contributed by atoms with Gasteiger partial charge in [-0.1, -0.05) is 54.8 Å². The molecule has 1 nitrogen and oxygen atoms in total. The van der Waals surface area contributed by atoms with Crippen LogP contribution in [0.1, 0.15) is 54.9 Å². The third kappa shape index (κ3) is 4.12. The number of hydrogen-bond acceptors (Lipinski definition) is 1. The van der Waals surface area contributed by atoms with Gasteiger partial charge in [0.05, 0.1) is 6.10 Å². The van der Waals surface area contributed by atoms with E-state index in [-0.39, 0.29) is 5.41 Å². The minimum atomic E-state index is 0.232. The highest BCUT2D eigenvalue weighted by Gasteiger charge is 2.36. The predicted molar refractivity (Wildman–Crippen MR) is 71.9 cm³/mol. The lowest BCUT2D eigenvalue weighted by Gasteiger charge is -2.42. The largest absolute Gasteiger partial charge is 0.383 e. The molecule has 93 valence electrons. The quantitative estimate of drug-likeness (QED) is 0.611. The van der Waals surface area contributed by atoms with Gasteiger partial charge < -0.3 is 4.74 Å². The Morgan fingerprint density at radius 2 is 1.69 bits per heavy atom. The van der Waals surface area contributed by atoms with Crippen molar-refractivity contribution in [2.75, 3.05) is 0 Å². The van der Waals surface area contributed by atoms with Gasteiger partial charge in [0, 0.05) is 6.00 Å². The molecule has 0 aromatic carbocycles. The zero-order chi connectivity index (χ0) is 12.6. The molecule has 0 N–H and O–H groups in total. The standard InChI is InChI=1S/C14H28BO/c1-10-9-15-12(14(5,6)7)16-11(10)8-13(2,3)4/h10-12H,8-9H2,1-7H3/t10-,11?,12?/m1/s1. The average molecular weight is 223 g/mol. The Kier molecular flexibility index (Phi) is 4.16. The maximum atomic E-state index is 6.28. The van der Waals surface area contributed by atoms with Gasteiger partial charge in [-0.2, -0.15) is 0 Å². The van der Waals surface area contributed by atoms with Crippen LogP contribution in [0.2, 0.25) is 6.32 Å². The highest BCUT2D eigenvalue weighted by molar-refractivity contribution is 6.37. The zero-order valence-electron chi connectivity index (χ0n) is 12.1. The molecule has 0 saturated carbocycles. The Labute approximate surface area is 103 Å². The van der Waals surface area contributed by atoms with Gasteiger partial charge in [-0.15, -0.1) is 0 Å². The Bertz CT molecular complexity index is 224. The fourth-order valence-electron chi connectivity index (χ4n) is 2.28. The van der Waals surface area contributed by atoms with Gasteiger partial charge in [0.1, 0.15) is 0 Å². The van der Waals surface area contributed by atoms with Crippen molar-refractivity contribution >= 4 is 7.28 Å². The minimum absolute atomic E-state index is 0.232. The van der Waals surface area contributed by atoms with E-state index in [1.165, 1.54) is 6.32 Å². The van der Waals surface area contributed by atoms with Gasteiger partial charge in [0.2, 0.25) is 0 Å². The number of ether oxygens (including phenoxy) is 1. The second kappa shape index (κ2) is 4.72. The molecular weight excluding hydrogens is 195 g/mol. The lowest BCUT2D eigenvalue weighted by atomic mass is 9.54. The van der Waals surface area contributed by atoms with Crippen LogP contribution in [0.3, 0.4) is 0 Å². The van der Waals surface area contributed by atoms with Gasteiger partial charge in [-0.25, -0.2) is 0 Å². The predicted octanol–water partition coefficient (Wildman–Crippen LogP) is 3.95. The van der Waals surface area contributed by atoms with Gasteiger partial charge in [-0.05, 0) is 23.2 Å². The smallest absolute Gasteiger partial charge is 0.150 e. The Balaban J connectivity index is 2.62. The first kappa shape index (κ1) is 14.1. The minimum Gasteiger partial charge on any atom is -0.383 e. The molecule has 16 heavy (non-hydrogen) atoms. The molecular formula is C14H28BO. The zero-order valence-corrected chi connectivity index (χ0v) is 12.1. The molecule has 1 radical (unpaired) electrons. The summed E-state index contributed by atoms with van der Waals surface area (Å²) >= 11 is 0. The highest BCUT2D eigenvalue weighted by Crippen LogP contribution is 2.35. The first-order valence-electron chi connectivity index (χ1n) is 6.58. The van der Waals surface area contributed by atoms with E-state index in [0.717, 1.165) is 6.42 Å². The van der Waals surface area contributed by atoms with E-state index in [2.05, 4.69) is 55.7 Å². The van der Waals surface area contributed by atoms with E-state index < -0.39 is 0 Å². The van der Waals surface area contributed by atoms with E-state index in [0.29, 0.717) is 23.4 Å². The molecule has 0 spiro atoms. The fraction of sp³-hybridized carbons (Fsp3) is 1.00. The molecule has 1 aliphatic rings. The van der Waals surface area contributed by atoms with Crippen molar-refractivity contribution in [2.45, 2.75) is 73.3 Å². The van der Waals surface area contributed by atoms with E-state index in [1.807, 2.05) is 0 Å². The maximum Gasteiger partial charge on any atom is 0.150 e. The summed E-state index contributed by atoms with van der Waals surface area (Å²) in [6.07, 6.45) is 2.78. The summed E-state index contributed by atoms with van der Waals surface area (Å²) in [4.78, 5) is 0. The maximum absolute atomic E-state index is 6.28. The molecule has 1 heterocycles. The Hall–Kier alpha value is 0.0249. The van der Waals surface area contributed by atoms with Crippen molar-refractivity contribution in [3.8, 4) is 0 Å². The topological polar surface area (TPSA) is 9.23 Å². The molecule has 0 aliphatic carbocycles. The van der Waals surface area contributed by atoms with Crippen LogP contribution in [0.4, 0.5) is 0 Å². The van der Waals surface area contributed by atoms with Crippen molar-refractivity contribution < 1.29 is 4.74 Å². The van der Waals surface area contributed by atoms with Crippen molar-refractivity contribution in [3.05, 3.63) is 0 Å². The summed E-state index contributed by atoms with van der Waals surface area (Å²) in [5, 5.41) is 0. The molecule has 0 amide bonds. The van der Waals surface area contributed by atoms with E-state index in [9.17, 15) is 0 Å². The first-order valence-corrected chi connectivity index (χ1v) is 6.58. The molecule has 3 atom stereocenters. The first-order chi connectivity index (χ1) is 7.09. The van der Waals surface area contributed by atoms with Crippen LogP contribution in [0, 0.1) is 16.7 Å². The highest BCUT2D eigenvalue weighted by atomic mass is 16.5. The van der Waals surface area contributed by atoms with Crippen molar-refractivity contribution in [2.24, 2.45) is 16.7 Å². The van der Waals surface area contributed by atoms with Crippen LogP contribution in [0.25, 0.3) is 0 Å². The van der Waals surface area contributed by atoms with Gasteiger partial charge in [0.25, 0.3) is 0 Å². The van der Waals surface area contributed by atoms with Crippen LogP contribution in [0.5, 0.6) is 0 Å². The van der Waals surface area contributed by atoms with Crippen molar-refractivity contribution in [3.63, 3.8) is 0 Å². The lowest BCUT2D eigenvalue weighted by Crippen LogP contribution is -2.46. The van der Waals surface area contributed by atoms with Crippen molar-refractivity contribution in [1.29, 1.82) is 0 Å². The van der Waals surface area contributed by atoms with E-state index in [4.69, 9.17) is 4.74 Å². The van der Waals surface area contributed by atoms with Crippen LogP contribution in [0.15, 0.2) is 0 Å². The lowest BCUT2D eigenvalue weighted by molar-refractivity contribution is -0.0701. The summed E-state index contributed by atoms with van der Waals surface area (Å²) in [6.45, 7) is 16.0. The molecule has 1 rings (SSSR count). The molecule has 0 aromatic rings. The van der Waals surface area contributed by atoms with Gasteiger partial charge in [-0.3, -0.25) is 0 Å². The third-order valence-corrected chi connectivity index (χ3v) is 3.35. The molecule has 2 unspecified atom stereocenters. The summed E-state index contributed by atoms with van der Waals surface area (Å²) in [7, 11) is 2.36. The fourth-order valence-corrected chi connectivity index (χ4v) is 2.28. The van der Waals surface area contributed by atoms with E-state index in [1.54, 1.807) is 0 Å². The van der Waals surface area contributed by atoms with Gasteiger partial charge in [0.15, 0.2) is 7.28 Å². The summed E-state index contributed by atoms with van der Waals surface area (Å²) < 4.78 is 6.28. The Morgan fingerprint density at radius 1 is 1.12 bits per heavy atom. The molecule has 1 aliphatic heterocycles. The van der Waals surface area contributed by atoms with Crippen LogP contribution >= 0.6 is 0 Å². The molecule has 1 saturated heterocycles. The van der Waals surface area contributed by atoms with Crippen LogP contribution < -0.4 is 0 Å². The molecule has 2 heteroatoms. The average Bonchev–Trinajstić information content (AvgIpc) is 2.04. The SMILES string of the molecule is C[C@@H]1C[B]C(C(C)(C)C)OC1CC(C)(C)C. The third-order valence-electron chi connectivity index (χ3n) is 3.35. The van der Waals surface area contributed by atoms with Crippen LogP contribution in [-0.4, -0.2) is 19.4 Å². The molecule has 1 fully saturated rings. The van der Waals surface area contributed by atoms with Crippen LogP contribution in [-0.2, 0) is 4.74 Å². The van der Waals surface area contributed by atoms with Crippen molar-refractivity contribution in [1.82, 2.24) is 0 Å². The van der Waals surface area contributed by atoms with E-state index >= 15 is 0 Å². The second-order valence-corrected chi connectivity index (χ2v) is 7.67. The number of hydrogen-bond donors (Lipinski definition) is 0. The molecule has 0 aromatic heterocycles. The van der Waals surface area contributed by atoms with Gasteiger partial charge >= 0.3 is 0 Å². The summed E-state index contributed by atoms with van der Waals surface area (Å²) in [5.41, 5.74) is 0.592. The number of rotatable bonds is 1. The summed E-state index contributed by atoms with van der Waals surface area (Å²) in [5.74, 6) is 0.665. The normalized spacial score (nSPS) is 32.3. The second-order valence-electron chi connectivity index (χ2n) is 7.67. The summed E-state index contributed by atoms with van der Waals surface area (Å²) in [6, 6.07) is 0.316.